The third-order valence-corrected chi connectivity index (χ3v) is 9.24. The highest BCUT2D eigenvalue weighted by Gasteiger charge is 2.46. The lowest BCUT2D eigenvalue weighted by molar-refractivity contribution is -0.198. The van der Waals surface area contributed by atoms with Gasteiger partial charge in [-0.25, -0.2) is 4.68 Å². The zero-order valence-electron chi connectivity index (χ0n) is 26.7. The number of ether oxygens (including phenoxy) is 1. The minimum atomic E-state index is -4.89. The highest BCUT2D eigenvalue weighted by molar-refractivity contribution is 5.74. The summed E-state index contributed by atoms with van der Waals surface area (Å²) >= 11 is 0. The van der Waals surface area contributed by atoms with Crippen molar-refractivity contribution in [2.45, 2.75) is 57.3 Å². The summed E-state index contributed by atoms with van der Waals surface area (Å²) in [6, 6.07) is 14.1. The summed E-state index contributed by atoms with van der Waals surface area (Å²) in [7, 11) is 0. The molecule has 4 heterocycles. The summed E-state index contributed by atoms with van der Waals surface area (Å²) in [5.41, 5.74) is 8.29. The van der Waals surface area contributed by atoms with Crippen LogP contribution in [0.5, 0.6) is 5.88 Å². The first-order valence-electron chi connectivity index (χ1n) is 15.9. The second-order valence-corrected chi connectivity index (χ2v) is 12.7. The number of carboxylic acids is 2. The van der Waals surface area contributed by atoms with Crippen LogP contribution in [-0.2, 0) is 16.0 Å². The molecule has 6 rings (SSSR count). The van der Waals surface area contributed by atoms with Gasteiger partial charge in [-0.05, 0) is 72.9 Å². The Kier molecular flexibility index (Phi) is 9.20. The van der Waals surface area contributed by atoms with Gasteiger partial charge in [-0.1, -0.05) is 30.3 Å². The number of rotatable bonds is 10. The topological polar surface area (TPSA) is 169 Å². The standard InChI is InChI=1S/C34H36F3N7O5/c1-20-10-13-44(42-20)26-8-7-23(22-5-2-21(3-6-22)4-9-29(45)46)16-24(26)30(34(35,36)37)49-28-17-27(40-32(38)41-28)43-14-11-33(12-15-43)18-25(31(47)48)39-19-33/h2-3,5-8,10,13,16-17,25,30,39H,4,9,11-12,14-15,18-19H2,1H3,(H,45,46)(H,47,48)(H2,38,40,41)/t25-,30?/m0/s1. The van der Waals surface area contributed by atoms with Crippen molar-refractivity contribution in [2.75, 3.05) is 30.3 Å². The lowest BCUT2D eigenvalue weighted by Crippen LogP contribution is -2.41. The minimum absolute atomic E-state index is 0.0371. The van der Waals surface area contributed by atoms with Gasteiger partial charge in [0.1, 0.15) is 11.9 Å². The molecule has 49 heavy (non-hydrogen) atoms. The Balaban J connectivity index is 1.30. The number of carboxylic acid groups (broad SMARTS) is 2. The van der Waals surface area contributed by atoms with Crippen LogP contribution in [0.1, 0.15) is 48.6 Å². The van der Waals surface area contributed by atoms with Crippen molar-refractivity contribution in [3.63, 3.8) is 0 Å². The molecule has 2 atom stereocenters. The van der Waals surface area contributed by atoms with Crippen LogP contribution in [0, 0.1) is 12.3 Å². The summed E-state index contributed by atoms with van der Waals surface area (Å²) in [5, 5.41) is 25.8. The summed E-state index contributed by atoms with van der Waals surface area (Å²) in [5.74, 6) is -2.09. The average Bonchev–Trinajstić information content (AvgIpc) is 3.68. The molecule has 2 aromatic heterocycles. The van der Waals surface area contributed by atoms with E-state index in [1.54, 1.807) is 55.6 Å². The number of nitrogens with zero attached hydrogens (tertiary/aromatic N) is 5. The molecule has 0 radical (unpaired) electrons. The fourth-order valence-electron chi connectivity index (χ4n) is 6.58. The number of halogens is 3. The van der Waals surface area contributed by atoms with Gasteiger partial charge in [0.05, 0.1) is 11.4 Å². The molecule has 1 spiro atoms. The molecule has 2 fully saturated rings. The number of hydrogen-bond acceptors (Lipinski definition) is 9. The molecular weight excluding hydrogens is 643 g/mol. The Morgan fingerprint density at radius 3 is 2.39 bits per heavy atom. The molecule has 12 nitrogen and oxygen atoms in total. The molecule has 15 heteroatoms. The highest BCUT2D eigenvalue weighted by Crippen LogP contribution is 2.43. The average molecular weight is 680 g/mol. The van der Waals surface area contributed by atoms with Crippen LogP contribution in [0.3, 0.4) is 0 Å². The van der Waals surface area contributed by atoms with Crippen LogP contribution in [0.15, 0.2) is 60.8 Å². The fourth-order valence-corrected chi connectivity index (χ4v) is 6.58. The molecule has 2 aromatic carbocycles. The van der Waals surface area contributed by atoms with Crippen LogP contribution in [0.25, 0.3) is 16.8 Å². The fraction of sp³-hybridized carbons (Fsp3) is 0.382. The summed E-state index contributed by atoms with van der Waals surface area (Å²) < 4.78 is 52.1. The van der Waals surface area contributed by atoms with E-state index >= 15 is 13.2 Å². The van der Waals surface area contributed by atoms with Gasteiger partial charge in [-0.3, -0.25) is 9.59 Å². The molecular formula is C34H36F3N7O5. The Morgan fingerprint density at radius 1 is 1.06 bits per heavy atom. The smallest absolute Gasteiger partial charge is 0.429 e. The van der Waals surface area contributed by atoms with E-state index in [1.165, 1.54) is 16.8 Å². The van der Waals surface area contributed by atoms with E-state index < -0.39 is 30.3 Å². The van der Waals surface area contributed by atoms with Crippen molar-refractivity contribution in [1.29, 1.82) is 0 Å². The maximum atomic E-state index is 15.0. The number of anilines is 2. The number of aryl methyl sites for hydroxylation is 2. The predicted octanol–water partition coefficient (Wildman–Crippen LogP) is 4.95. The van der Waals surface area contributed by atoms with E-state index in [4.69, 9.17) is 15.6 Å². The Bertz CT molecular complexity index is 1840. The van der Waals surface area contributed by atoms with Crippen LogP contribution in [0.4, 0.5) is 24.9 Å². The molecule has 2 aliphatic heterocycles. The Labute approximate surface area is 279 Å². The summed E-state index contributed by atoms with van der Waals surface area (Å²) in [6.07, 6.45) is -3.63. The third-order valence-electron chi connectivity index (χ3n) is 9.24. The molecule has 1 unspecified atom stereocenters. The Morgan fingerprint density at radius 2 is 1.78 bits per heavy atom. The highest BCUT2D eigenvalue weighted by atomic mass is 19.4. The third kappa shape index (κ3) is 7.61. The number of carbonyl (C=O) groups is 2. The van der Waals surface area contributed by atoms with Crippen molar-refractivity contribution < 1.29 is 37.7 Å². The van der Waals surface area contributed by atoms with Gasteiger partial charge in [0.15, 0.2) is 0 Å². The zero-order chi connectivity index (χ0) is 34.9. The maximum absolute atomic E-state index is 15.0. The number of piperidine rings is 1. The zero-order valence-corrected chi connectivity index (χ0v) is 26.7. The van der Waals surface area contributed by atoms with Gasteiger partial charge in [0.25, 0.3) is 0 Å². The van der Waals surface area contributed by atoms with Crippen LogP contribution in [0.2, 0.25) is 0 Å². The summed E-state index contributed by atoms with van der Waals surface area (Å²) in [4.78, 5) is 32.6. The molecule has 0 bridgehead atoms. The number of alkyl halides is 3. The largest absolute Gasteiger partial charge is 0.481 e. The van der Waals surface area contributed by atoms with Crippen molar-refractivity contribution in [3.05, 3.63) is 77.6 Å². The maximum Gasteiger partial charge on any atom is 0.429 e. The van der Waals surface area contributed by atoms with Crippen molar-refractivity contribution in [1.82, 2.24) is 25.1 Å². The van der Waals surface area contributed by atoms with Crippen LogP contribution < -0.4 is 20.7 Å². The van der Waals surface area contributed by atoms with E-state index in [2.05, 4.69) is 20.4 Å². The summed E-state index contributed by atoms with van der Waals surface area (Å²) in [6.45, 7) is 3.33. The molecule has 258 valence electrons. The van der Waals surface area contributed by atoms with E-state index in [0.717, 1.165) is 5.56 Å². The van der Waals surface area contributed by atoms with Gasteiger partial charge in [0.2, 0.25) is 17.9 Å². The minimum Gasteiger partial charge on any atom is -0.481 e. The van der Waals surface area contributed by atoms with Crippen molar-refractivity contribution in [2.24, 2.45) is 5.41 Å². The lowest BCUT2D eigenvalue weighted by Gasteiger charge is -2.39. The van der Waals surface area contributed by atoms with E-state index in [9.17, 15) is 14.7 Å². The number of aliphatic carboxylic acids is 2. The normalized spacial score (nSPS) is 18.0. The number of aromatic nitrogens is 4. The second-order valence-electron chi connectivity index (χ2n) is 12.7. The van der Waals surface area contributed by atoms with Gasteiger partial charge < -0.3 is 30.9 Å². The van der Waals surface area contributed by atoms with Gasteiger partial charge >= 0.3 is 18.1 Å². The van der Waals surface area contributed by atoms with Gasteiger partial charge in [-0.2, -0.15) is 28.2 Å². The molecule has 2 aliphatic rings. The second kappa shape index (κ2) is 13.4. The number of nitrogens with one attached hydrogen (secondary N) is 1. The first kappa shape index (κ1) is 33.7. The molecule has 0 amide bonds. The van der Waals surface area contributed by atoms with E-state index in [1.807, 2.05) is 4.90 Å². The van der Waals surface area contributed by atoms with E-state index in [-0.39, 0.29) is 34.9 Å². The Hall–Kier alpha value is -5.18. The van der Waals surface area contributed by atoms with E-state index in [0.29, 0.717) is 68.0 Å². The number of nitrogen functional groups attached to an aromatic ring is 1. The molecule has 0 aliphatic carbocycles. The molecule has 0 saturated carbocycles. The predicted molar refractivity (Wildman–Crippen MR) is 173 cm³/mol. The quantitative estimate of drug-likeness (QED) is 0.179. The number of benzene rings is 2. The van der Waals surface area contributed by atoms with Crippen molar-refractivity contribution >= 4 is 23.7 Å². The van der Waals surface area contributed by atoms with Crippen molar-refractivity contribution in [3.8, 4) is 22.7 Å². The molecule has 2 saturated heterocycles. The first-order valence-corrected chi connectivity index (χ1v) is 15.9. The lowest BCUT2D eigenvalue weighted by atomic mass is 9.76. The molecule has 4 aromatic rings. The molecule has 5 N–H and O–H groups in total. The SMILES string of the molecule is Cc1ccn(-c2ccc(-c3ccc(CCC(=O)O)cc3)cc2C(Oc2cc(N3CCC4(CC3)CN[C@H](C(=O)O)C4)nc(N)n2)C(F)(F)F)n1. The number of nitrogens with two attached hydrogens (primary N) is 1. The van der Waals surface area contributed by atoms with Gasteiger partial charge in [0, 0.05) is 43.9 Å². The monoisotopic (exact) mass is 679 g/mol. The van der Waals surface area contributed by atoms with Gasteiger partial charge in [-0.15, -0.1) is 0 Å². The van der Waals surface area contributed by atoms with Crippen LogP contribution >= 0.6 is 0 Å². The van der Waals surface area contributed by atoms with Crippen LogP contribution in [-0.4, -0.2) is 73.8 Å². The number of hydrogen-bond donors (Lipinski definition) is 4. The first-order chi connectivity index (χ1) is 23.3.